The summed E-state index contributed by atoms with van der Waals surface area (Å²) < 4.78 is 10.6. The molecule has 3 nitrogen and oxygen atoms in total. The Hall–Kier alpha value is -0.710. The summed E-state index contributed by atoms with van der Waals surface area (Å²) in [6.45, 7) is 8.10. The van der Waals surface area contributed by atoms with E-state index >= 15 is 0 Å². The molecule has 0 aromatic carbocycles. The highest BCUT2D eigenvalue weighted by molar-refractivity contribution is 7.14. The molecule has 0 aliphatic rings. The van der Waals surface area contributed by atoms with Gasteiger partial charge in [0, 0.05) is 11.5 Å². The molecule has 0 unspecified atom stereocenters. The molecule has 1 aromatic rings. The molecule has 0 aliphatic heterocycles. The monoisotopic (exact) mass is 256 g/mol. The number of hydrogen-bond donors (Lipinski definition) is 0. The minimum absolute atomic E-state index is 0.0481. The predicted octanol–water partition coefficient (Wildman–Crippen LogP) is 2.93. The van der Waals surface area contributed by atoms with Gasteiger partial charge in [0.1, 0.15) is 6.61 Å². The highest BCUT2D eigenvalue weighted by Crippen LogP contribution is 2.15. The van der Waals surface area contributed by atoms with E-state index in [0.29, 0.717) is 19.1 Å². The zero-order valence-corrected chi connectivity index (χ0v) is 11.5. The van der Waals surface area contributed by atoms with Gasteiger partial charge in [0.05, 0.1) is 18.1 Å². The smallest absolute Gasteiger partial charge is 0.198 e. The summed E-state index contributed by atoms with van der Waals surface area (Å²) in [5.41, 5.74) is 0. The quantitative estimate of drug-likeness (QED) is 0.530. The highest BCUT2D eigenvalue weighted by atomic mass is 32.1. The van der Waals surface area contributed by atoms with Gasteiger partial charge in [-0.05, 0) is 25.0 Å². The molecule has 0 N–H and O–H groups in total. The third-order valence-corrected chi connectivity index (χ3v) is 3.11. The standard InChI is InChI=1S/C13H20O3S/c1-10(2)8-15-6-7-16-9-12(14)13-5-4-11(3)17-13/h4-5,10H,6-9H2,1-3H3. The molecule has 0 aliphatic carbocycles. The maximum absolute atomic E-state index is 11.6. The van der Waals surface area contributed by atoms with Crippen molar-refractivity contribution in [2.75, 3.05) is 26.4 Å². The molecule has 1 aromatic heterocycles. The first-order valence-electron chi connectivity index (χ1n) is 5.84. The number of carbonyl (C=O) groups excluding carboxylic acids is 1. The second-order valence-corrected chi connectivity index (χ2v) is 5.64. The fourth-order valence-corrected chi connectivity index (χ4v) is 2.05. The van der Waals surface area contributed by atoms with Crippen LogP contribution in [-0.4, -0.2) is 32.2 Å². The van der Waals surface area contributed by atoms with Gasteiger partial charge < -0.3 is 9.47 Å². The van der Waals surface area contributed by atoms with Gasteiger partial charge >= 0.3 is 0 Å². The summed E-state index contributed by atoms with van der Waals surface area (Å²) in [5, 5.41) is 0. The average Bonchev–Trinajstić information content (AvgIpc) is 2.69. The van der Waals surface area contributed by atoms with E-state index in [4.69, 9.17) is 9.47 Å². The Labute approximate surface area is 107 Å². The van der Waals surface area contributed by atoms with E-state index in [1.54, 1.807) is 0 Å². The fourth-order valence-electron chi connectivity index (χ4n) is 1.26. The molecular formula is C13H20O3S. The molecule has 0 radical (unpaired) electrons. The van der Waals surface area contributed by atoms with Crippen molar-refractivity contribution in [3.05, 3.63) is 21.9 Å². The molecule has 96 valence electrons. The molecule has 17 heavy (non-hydrogen) atoms. The number of rotatable bonds is 8. The van der Waals surface area contributed by atoms with Crippen LogP contribution < -0.4 is 0 Å². The normalized spacial score (nSPS) is 11.1. The van der Waals surface area contributed by atoms with Crippen LogP contribution in [0.1, 0.15) is 28.4 Å². The average molecular weight is 256 g/mol. The first-order valence-corrected chi connectivity index (χ1v) is 6.66. The second kappa shape index (κ2) is 7.58. The molecule has 1 heterocycles. The molecule has 0 saturated carbocycles. The largest absolute Gasteiger partial charge is 0.379 e. The maximum atomic E-state index is 11.6. The topological polar surface area (TPSA) is 35.5 Å². The van der Waals surface area contributed by atoms with Gasteiger partial charge in [-0.2, -0.15) is 0 Å². The predicted molar refractivity (Wildman–Crippen MR) is 69.9 cm³/mol. The van der Waals surface area contributed by atoms with E-state index in [2.05, 4.69) is 13.8 Å². The van der Waals surface area contributed by atoms with Crippen LogP contribution >= 0.6 is 11.3 Å². The van der Waals surface area contributed by atoms with Crippen LogP contribution in [0.2, 0.25) is 0 Å². The highest BCUT2D eigenvalue weighted by Gasteiger charge is 2.07. The summed E-state index contributed by atoms with van der Waals surface area (Å²) in [6.07, 6.45) is 0. The minimum atomic E-state index is 0.0481. The SMILES string of the molecule is Cc1ccc(C(=O)COCCOCC(C)C)s1. The van der Waals surface area contributed by atoms with Gasteiger partial charge in [-0.1, -0.05) is 13.8 Å². The zero-order valence-electron chi connectivity index (χ0n) is 10.7. The molecule has 4 heteroatoms. The number of ether oxygens (including phenoxy) is 2. The molecule has 1 rings (SSSR count). The fraction of sp³-hybridized carbons (Fsp3) is 0.615. The van der Waals surface area contributed by atoms with E-state index in [1.807, 2.05) is 19.1 Å². The second-order valence-electron chi connectivity index (χ2n) is 4.35. The van der Waals surface area contributed by atoms with Crippen LogP contribution in [0, 0.1) is 12.8 Å². The van der Waals surface area contributed by atoms with Crippen LogP contribution in [0.5, 0.6) is 0 Å². The number of Topliss-reactive ketones (excluding diaryl/α,β-unsaturated/α-hetero) is 1. The summed E-state index contributed by atoms with van der Waals surface area (Å²) in [4.78, 5) is 13.6. The van der Waals surface area contributed by atoms with Gasteiger partial charge in [0.15, 0.2) is 5.78 Å². The Balaban J connectivity index is 2.09. The number of carbonyl (C=O) groups is 1. The first-order chi connectivity index (χ1) is 8.09. The van der Waals surface area contributed by atoms with Crippen LogP contribution in [0.4, 0.5) is 0 Å². The lowest BCUT2D eigenvalue weighted by Gasteiger charge is -2.06. The van der Waals surface area contributed by atoms with E-state index in [9.17, 15) is 4.79 Å². The summed E-state index contributed by atoms with van der Waals surface area (Å²) >= 11 is 1.51. The van der Waals surface area contributed by atoms with E-state index in [1.165, 1.54) is 11.3 Å². The number of aryl methyl sites for hydroxylation is 1. The molecule has 0 bridgehead atoms. The third kappa shape index (κ3) is 5.96. The van der Waals surface area contributed by atoms with Crippen LogP contribution in [-0.2, 0) is 9.47 Å². The van der Waals surface area contributed by atoms with Crippen molar-refractivity contribution in [2.24, 2.45) is 5.92 Å². The van der Waals surface area contributed by atoms with Crippen molar-refractivity contribution in [1.29, 1.82) is 0 Å². The molecule has 0 atom stereocenters. The Kier molecular flexibility index (Phi) is 6.40. The Morgan fingerprint density at radius 3 is 2.59 bits per heavy atom. The van der Waals surface area contributed by atoms with E-state index < -0.39 is 0 Å². The minimum Gasteiger partial charge on any atom is -0.379 e. The third-order valence-electron chi connectivity index (χ3n) is 2.07. The molecule has 0 saturated heterocycles. The van der Waals surface area contributed by atoms with Crippen molar-refractivity contribution in [1.82, 2.24) is 0 Å². The zero-order chi connectivity index (χ0) is 12.7. The lowest BCUT2D eigenvalue weighted by molar-refractivity contribution is 0.0365. The van der Waals surface area contributed by atoms with Crippen LogP contribution in [0.15, 0.2) is 12.1 Å². The molecule has 0 spiro atoms. The molecular weight excluding hydrogens is 236 g/mol. The van der Waals surface area contributed by atoms with Crippen molar-refractivity contribution in [3.8, 4) is 0 Å². The van der Waals surface area contributed by atoms with Crippen molar-refractivity contribution in [3.63, 3.8) is 0 Å². The Morgan fingerprint density at radius 1 is 1.29 bits per heavy atom. The van der Waals surface area contributed by atoms with Crippen molar-refractivity contribution < 1.29 is 14.3 Å². The van der Waals surface area contributed by atoms with E-state index in [0.717, 1.165) is 16.4 Å². The van der Waals surface area contributed by atoms with Crippen molar-refractivity contribution in [2.45, 2.75) is 20.8 Å². The summed E-state index contributed by atoms with van der Waals surface area (Å²) in [7, 11) is 0. The summed E-state index contributed by atoms with van der Waals surface area (Å²) in [6, 6.07) is 3.80. The summed E-state index contributed by atoms with van der Waals surface area (Å²) in [5.74, 6) is 0.581. The number of thiophene rings is 1. The van der Waals surface area contributed by atoms with Crippen LogP contribution in [0.25, 0.3) is 0 Å². The lowest BCUT2D eigenvalue weighted by atomic mass is 10.2. The van der Waals surface area contributed by atoms with Gasteiger partial charge in [-0.3, -0.25) is 4.79 Å². The van der Waals surface area contributed by atoms with Crippen molar-refractivity contribution >= 4 is 17.1 Å². The first kappa shape index (κ1) is 14.4. The van der Waals surface area contributed by atoms with Gasteiger partial charge in [-0.25, -0.2) is 0 Å². The molecule has 0 fully saturated rings. The van der Waals surface area contributed by atoms with Gasteiger partial charge in [-0.15, -0.1) is 11.3 Å². The molecule has 0 amide bonds. The van der Waals surface area contributed by atoms with Gasteiger partial charge in [0.25, 0.3) is 0 Å². The van der Waals surface area contributed by atoms with Gasteiger partial charge in [0.2, 0.25) is 0 Å². The Bertz CT molecular complexity index is 344. The maximum Gasteiger partial charge on any atom is 0.198 e. The Morgan fingerprint density at radius 2 is 2.00 bits per heavy atom. The number of hydrogen-bond acceptors (Lipinski definition) is 4. The lowest BCUT2D eigenvalue weighted by Crippen LogP contribution is -2.13. The number of ketones is 1. The van der Waals surface area contributed by atoms with Crippen LogP contribution in [0.3, 0.4) is 0 Å². The van der Waals surface area contributed by atoms with E-state index in [-0.39, 0.29) is 12.4 Å².